The third-order valence-corrected chi connectivity index (χ3v) is 5.98. The first-order chi connectivity index (χ1) is 17.4. The minimum Gasteiger partial charge on any atom is -0.392 e. The summed E-state index contributed by atoms with van der Waals surface area (Å²) in [6.45, 7) is 6.71. The molecule has 15 heteroatoms. The zero-order chi connectivity index (χ0) is 29.0. The van der Waals surface area contributed by atoms with Crippen LogP contribution in [0.25, 0.3) is 0 Å². The molecule has 2 fully saturated rings. The van der Waals surface area contributed by atoms with Gasteiger partial charge in [0.1, 0.15) is 0 Å². The second-order valence-electron chi connectivity index (χ2n) is 9.94. The third kappa shape index (κ3) is 18.4. The van der Waals surface area contributed by atoms with E-state index in [1.165, 1.54) is 0 Å². The van der Waals surface area contributed by atoms with Gasteiger partial charge in [-0.15, -0.1) is 0 Å². The van der Waals surface area contributed by atoms with Crippen LogP contribution in [0.15, 0.2) is 0 Å². The highest BCUT2D eigenvalue weighted by atomic mass is 19.4. The molecule has 0 aromatic rings. The van der Waals surface area contributed by atoms with Gasteiger partial charge in [-0.25, -0.2) is 17.6 Å². The van der Waals surface area contributed by atoms with Crippen LogP contribution in [-0.4, -0.2) is 111 Å². The van der Waals surface area contributed by atoms with E-state index < -0.39 is 68.8 Å². The Kier molecular flexibility index (Phi) is 14.6. The lowest BCUT2D eigenvalue weighted by atomic mass is 9.98. The van der Waals surface area contributed by atoms with Gasteiger partial charge >= 0.3 is 12.4 Å². The summed E-state index contributed by atoms with van der Waals surface area (Å²) in [5.41, 5.74) is 0. The molecular weight excluding hydrogens is 542 g/mol. The molecule has 0 radical (unpaired) electrons. The van der Waals surface area contributed by atoms with Crippen LogP contribution in [0.2, 0.25) is 0 Å². The molecule has 2 unspecified atom stereocenters. The number of morpholine rings is 2. The van der Waals surface area contributed by atoms with Crippen LogP contribution >= 0.6 is 0 Å². The van der Waals surface area contributed by atoms with Gasteiger partial charge in [0.25, 0.3) is 5.92 Å². The summed E-state index contributed by atoms with van der Waals surface area (Å²) in [6.07, 6.45) is -17.3. The zero-order valence-electron chi connectivity index (χ0n) is 21.4. The third-order valence-electron chi connectivity index (χ3n) is 5.98. The fourth-order valence-electron chi connectivity index (χ4n) is 4.14. The Morgan fingerprint density at radius 3 is 1.37 bits per heavy atom. The SMILES string of the molecule is CC(CN1CCOCC1)CC(F)(F)CCC(F)(F)F.OC(CN1CCOCC1)CC(F)(F)CCC(F)(F)F. The Labute approximate surface area is 216 Å². The van der Waals surface area contributed by atoms with Crippen molar-refractivity contribution in [2.75, 3.05) is 65.7 Å². The molecule has 2 aliphatic rings. The number of hydrogen-bond donors (Lipinski definition) is 1. The molecule has 0 saturated carbocycles. The first-order valence-corrected chi connectivity index (χ1v) is 12.5. The molecule has 2 aliphatic heterocycles. The normalized spacial score (nSPS) is 20.5. The lowest BCUT2D eigenvalue weighted by Gasteiger charge is -2.30. The second-order valence-corrected chi connectivity index (χ2v) is 9.94. The molecule has 0 aromatic carbocycles. The van der Waals surface area contributed by atoms with E-state index >= 15 is 0 Å². The van der Waals surface area contributed by atoms with E-state index in [1.807, 2.05) is 4.90 Å². The summed E-state index contributed by atoms with van der Waals surface area (Å²) in [4.78, 5) is 3.77. The number of β-amino-alcohol motifs (C(OH)–C–C–N with tert-alkyl or cyclic N) is 1. The molecule has 228 valence electrons. The van der Waals surface area contributed by atoms with Crippen molar-refractivity contribution < 1.29 is 58.5 Å². The number of halogens is 10. The van der Waals surface area contributed by atoms with E-state index in [0.29, 0.717) is 59.2 Å². The van der Waals surface area contributed by atoms with Gasteiger partial charge in [0, 0.05) is 77.8 Å². The highest BCUT2D eigenvalue weighted by molar-refractivity contribution is 4.77. The van der Waals surface area contributed by atoms with Crippen molar-refractivity contribution >= 4 is 0 Å². The summed E-state index contributed by atoms with van der Waals surface area (Å²) in [5, 5.41) is 9.52. The fraction of sp³-hybridized carbons (Fsp3) is 1.00. The Hall–Kier alpha value is -0.900. The van der Waals surface area contributed by atoms with E-state index in [1.54, 1.807) is 11.8 Å². The molecule has 2 atom stereocenters. The van der Waals surface area contributed by atoms with Gasteiger partial charge in [0.15, 0.2) is 0 Å². The van der Waals surface area contributed by atoms with Crippen molar-refractivity contribution in [3.8, 4) is 0 Å². The fourth-order valence-corrected chi connectivity index (χ4v) is 4.14. The smallest absolute Gasteiger partial charge is 0.389 e. The van der Waals surface area contributed by atoms with Crippen molar-refractivity contribution in [2.24, 2.45) is 5.92 Å². The lowest BCUT2D eigenvalue weighted by Crippen LogP contribution is -2.42. The second kappa shape index (κ2) is 15.8. The number of nitrogens with zero attached hydrogens (tertiary/aromatic N) is 2. The molecule has 2 heterocycles. The number of aliphatic hydroxyl groups excluding tert-OH is 1. The summed E-state index contributed by atoms with van der Waals surface area (Å²) in [7, 11) is 0. The standard InChI is InChI=1S/C12H20F5NO.C11H18F5NO2/c1-10(9-18-4-6-19-7-5-18)8-11(13,14)2-3-12(15,16)17;12-10(13,1-2-11(14,15)16)7-9(18)8-17-3-5-19-6-4-17/h10H,2-9H2,1H3;9,18H,1-8H2. The number of rotatable bonds is 12. The van der Waals surface area contributed by atoms with Gasteiger partial charge in [-0.2, -0.15) is 26.3 Å². The lowest BCUT2D eigenvalue weighted by molar-refractivity contribution is -0.156. The van der Waals surface area contributed by atoms with E-state index in [9.17, 15) is 49.0 Å². The Morgan fingerprint density at radius 2 is 0.974 bits per heavy atom. The maximum Gasteiger partial charge on any atom is 0.389 e. The summed E-state index contributed by atoms with van der Waals surface area (Å²) in [6, 6.07) is 0. The molecule has 5 nitrogen and oxygen atoms in total. The van der Waals surface area contributed by atoms with Crippen molar-refractivity contribution in [2.45, 2.75) is 75.8 Å². The van der Waals surface area contributed by atoms with E-state index in [4.69, 9.17) is 9.47 Å². The topological polar surface area (TPSA) is 45.2 Å². The highest BCUT2D eigenvalue weighted by Gasteiger charge is 2.39. The van der Waals surface area contributed by atoms with Crippen molar-refractivity contribution in [1.82, 2.24) is 9.80 Å². The maximum absolute atomic E-state index is 13.4. The molecule has 1 N–H and O–H groups in total. The molecule has 0 spiro atoms. The quantitative estimate of drug-likeness (QED) is 0.315. The van der Waals surface area contributed by atoms with Crippen LogP contribution in [-0.2, 0) is 9.47 Å². The monoisotopic (exact) mass is 580 g/mol. The van der Waals surface area contributed by atoms with Crippen molar-refractivity contribution in [3.63, 3.8) is 0 Å². The minimum atomic E-state index is -4.60. The molecule has 0 amide bonds. The van der Waals surface area contributed by atoms with Crippen LogP contribution in [0.3, 0.4) is 0 Å². The Morgan fingerprint density at radius 1 is 0.605 bits per heavy atom. The summed E-state index contributed by atoms with van der Waals surface area (Å²) >= 11 is 0. The average molecular weight is 581 g/mol. The maximum atomic E-state index is 13.4. The van der Waals surface area contributed by atoms with Crippen LogP contribution < -0.4 is 0 Å². The molecule has 2 rings (SSSR count). The van der Waals surface area contributed by atoms with Gasteiger partial charge in [0.05, 0.1) is 32.5 Å². The highest BCUT2D eigenvalue weighted by Crippen LogP contribution is 2.34. The summed E-state index contributed by atoms with van der Waals surface area (Å²) in [5.74, 6) is -7.08. The predicted molar refractivity (Wildman–Crippen MR) is 119 cm³/mol. The van der Waals surface area contributed by atoms with Crippen LogP contribution in [0.5, 0.6) is 0 Å². The number of aliphatic hydroxyl groups is 1. The van der Waals surface area contributed by atoms with Gasteiger partial charge < -0.3 is 14.6 Å². The van der Waals surface area contributed by atoms with Gasteiger partial charge in [-0.1, -0.05) is 6.92 Å². The number of hydrogen-bond acceptors (Lipinski definition) is 5. The van der Waals surface area contributed by atoms with Gasteiger partial charge in [-0.3, -0.25) is 9.80 Å². The number of ether oxygens (including phenoxy) is 2. The van der Waals surface area contributed by atoms with Crippen LogP contribution in [0.1, 0.15) is 45.4 Å². The van der Waals surface area contributed by atoms with E-state index in [2.05, 4.69) is 0 Å². The Balaban J connectivity index is 0.000000380. The van der Waals surface area contributed by atoms with E-state index in [0.717, 1.165) is 0 Å². The van der Waals surface area contributed by atoms with Crippen molar-refractivity contribution in [1.29, 1.82) is 0 Å². The average Bonchev–Trinajstić information content (AvgIpc) is 2.77. The van der Waals surface area contributed by atoms with Gasteiger partial charge in [0.2, 0.25) is 5.92 Å². The van der Waals surface area contributed by atoms with E-state index in [-0.39, 0.29) is 12.5 Å². The first kappa shape index (κ1) is 35.1. The largest absolute Gasteiger partial charge is 0.392 e. The van der Waals surface area contributed by atoms with Crippen molar-refractivity contribution in [3.05, 3.63) is 0 Å². The molecule has 0 aliphatic carbocycles. The van der Waals surface area contributed by atoms with Crippen LogP contribution in [0, 0.1) is 5.92 Å². The first-order valence-electron chi connectivity index (χ1n) is 12.5. The molecule has 0 bridgehead atoms. The van der Waals surface area contributed by atoms with Crippen LogP contribution in [0.4, 0.5) is 43.9 Å². The zero-order valence-corrected chi connectivity index (χ0v) is 21.4. The predicted octanol–water partition coefficient (Wildman–Crippen LogP) is 5.37. The minimum absolute atomic E-state index is 0.0327. The molecule has 38 heavy (non-hydrogen) atoms. The molecular formula is C23H38F10N2O3. The number of alkyl halides is 10. The summed E-state index contributed by atoms with van der Waals surface area (Å²) < 4.78 is 135. The molecule has 0 aromatic heterocycles. The van der Waals surface area contributed by atoms with Gasteiger partial charge in [-0.05, 0) is 5.92 Å². The Bertz CT molecular complexity index is 584. The molecule has 2 saturated heterocycles.